The molecule has 0 N–H and O–H groups in total. The maximum absolute atomic E-state index is 5.35. The van der Waals surface area contributed by atoms with Gasteiger partial charge in [0.15, 0.2) is 0 Å². The quantitative estimate of drug-likeness (QED) is 0.482. The zero-order chi connectivity index (χ0) is 10.1. The molecule has 0 aromatic heterocycles. The van der Waals surface area contributed by atoms with Crippen LogP contribution >= 0.6 is 0 Å². The van der Waals surface area contributed by atoms with E-state index in [0.29, 0.717) is 0 Å². The van der Waals surface area contributed by atoms with Gasteiger partial charge < -0.3 is 9.47 Å². The Morgan fingerprint density at radius 3 is 3.14 bits per heavy atom. The van der Waals surface area contributed by atoms with E-state index in [1.165, 1.54) is 6.54 Å². The summed E-state index contributed by atoms with van der Waals surface area (Å²) in [7, 11) is 0. The Bertz CT molecular complexity index is 153. The zero-order valence-corrected chi connectivity index (χ0v) is 9.08. The van der Waals surface area contributed by atoms with E-state index in [9.17, 15) is 0 Å². The van der Waals surface area contributed by atoms with Crippen molar-refractivity contribution in [2.24, 2.45) is 0 Å². The second-order valence-electron chi connectivity index (χ2n) is 3.51. The fraction of sp³-hybridized carbons (Fsp3) is 0.818. The van der Waals surface area contributed by atoms with Crippen molar-refractivity contribution in [3.63, 3.8) is 0 Å². The van der Waals surface area contributed by atoms with Crippen molar-refractivity contribution in [3.8, 4) is 0 Å². The van der Waals surface area contributed by atoms with Crippen molar-refractivity contribution in [1.82, 2.24) is 4.90 Å². The van der Waals surface area contributed by atoms with E-state index >= 15 is 0 Å². The van der Waals surface area contributed by atoms with Gasteiger partial charge in [0.1, 0.15) is 0 Å². The van der Waals surface area contributed by atoms with Crippen LogP contribution in [0.1, 0.15) is 26.2 Å². The Morgan fingerprint density at radius 1 is 1.50 bits per heavy atom. The van der Waals surface area contributed by atoms with Crippen LogP contribution in [0.5, 0.6) is 0 Å². The average molecular weight is 199 g/mol. The molecule has 0 radical (unpaired) electrons. The van der Waals surface area contributed by atoms with Crippen LogP contribution < -0.4 is 0 Å². The molecule has 1 aliphatic rings. The molecule has 0 amide bonds. The number of hydrogen-bond acceptors (Lipinski definition) is 3. The SMILES string of the molecule is CCC=COCCCN1CCCOC1. The molecule has 82 valence electrons. The average Bonchev–Trinajstić information content (AvgIpc) is 2.25. The molecule has 1 rings (SSSR count). The van der Waals surface area contributed by atoms with E-state index in [1.807, 2.05) is 6.08 Å². The molecule has 0 atom stereocenters. The summed E-state index contributed by atoms with van der Waals surface area (Å²) in [4.78, 5) is 2.33. The highest BCUT2D eigenvalue weighted by molar-refractivity contribution is 4.70. The summed E-state index contributed by atoms with van der Waals surface area (Å²) in [6.07, 6.45) is 7.12. The van der Waals surface area contributed by atoms with Gasteiger partial charge in [-0.3, -0.25) is 4.90 Å². The monoisotopic (exact) mass is 199 g/mol. The molecular weight excluding hydrogens is 178 g/mol. The lowest BCUT2D eigenvalue weighted by molar-refractivity contribution is -0.0155. The van der Waals surface area contributed by atoms with E-state index < -0.39 is 0 Å². The molecule has 1 aliphatic heterocycles. The summed E-state index contributed by atoms with van der Waals surface area (Å²) in [5.74, 6) is 0. The third-order valence-electron chi connectivity index (χ3n) is 2.20. The van der Waals surface area contributed by atoms with Gasteiger partial charge in [0.25, 0.3) is 0 Å². The van der Waals surface area contributed by atoms with E-state index in [-0.39, 0.29) is 0 Å². The number of allylic oxidation sites excluding steroid dienone is 1. The first-order chi connectivity index (χ1) is 6.93. The lowest BCUT2D eigenvalue weighted by Crippen LogP contribution is -2.34. The lowest BCUT2D eigenvalue weighted by Gasteiger charge is -2.26. The molecule has 1 fully saturated rings. The van der Waals surface area contributed by atoms with Crippen LogP contribution in [0.3, 0.4) is 0 Å². The smallest absolute Gasteiger partial charge is 0.0990 e. The third kappa shape index (κ3) is 5.25. The predicted molar refractivity (Wildman–Crippen MR) is 57.0 cm³/mol. The van der Waals surface area contributed by atoms with Crippen LogP contribution in [-0.4, -0.2) is 37.9 Å². The first-order valence-corrected chi connectivity index (χ1v) is 5.50. The number of ether oxygens (including phenoxy) is 2. The fourth-order valence-electron chi connectivity index (χ4n) is 1.43. The summed E-state index contributed by atoms with van der Waals surface area (Å²) < 4.78 is 10.7. The van der Waals surface area contributed by atoms with Crippen molar-refractivity contribution in [1.29, 1.82) is 0 Å². The molecule has 0 aromatic rings. The molecule has 0 unspecified atom stereocenters. The Labute approximate surface area is 86.7 Å². The van der Waals surface area contributed by atoms with Gasteiger partial charge in [-0.05, 0) is 19.3 Å². The van der Waals surface area contributed by atoms with Gasteiger partial charge in [-0.15, -0.1) is 0 Å². The normalized spacial score (nSPS) is 18.9. The fourth-order valence-corrected chi connectivity index (χ4v) is 1.43. The first kappa shape index (κ1) is 11.5. The minimum atomic E-state index is 0.796. The van der Waals surface area contributed by atoms with Gasteiger partial charge in [0.05, 0.1) is 19.6 Å². The standard InChI is InChI=1S/C11H21NO2/c1-2-3-8-13-9-4-6-12-7-5-10-14-11-12/h3,8H,2,4-7,9-11H2,1H3. The first-order valence-electron chi connectivity index (χ1n) is 5.50. The molecule has 0 saturated carbocycles. The van der Waals surface area contributed by atoms with Crippen molar-refractivity contribution in [2.75, 3.05) is 33.0 Å². The summed E-state index contributed by atoms with van der Waals surface area (Å²) in [5.41, 5.74) is 0. The van der Waals surface area contributed by atoms with Crippen LogP contribution in [0.4, 0.5) is 0 Å². The second-order valence-corrected chi connectivity index (χ2v) is 3.51. The zero-order valence-electron chi connectivity index (χ0n) is 9.08. The molecule has 3 heteroatoms. The molecule has 1 saturated heterocycles. The van der Waals surface area contributed by atoms with Crippen molar-refractivity contribution >= 4 is 0 Å². The maximum atomic E-state index is 5.35. The van der Waals surface area contributed by atoms with E-state index in [1.54, 1.807) is 6.26 Å². The van der Waals surface area contributed by atoms with Gasteiger partial charge in [-0.2, -0.15) is 0 Å². The van der Waals surface area contributed by atoms with Crippen LogP contribution in [0.25, 0.3) is 0 Å². The molecule has 14 heavy (non-hydrogen) atoms. The van der Waals surface area contributed by atoms with Gasteiger partial charge in [0, 0.05) is 19.7 Å². The van der Waals surface area contributed by atoms with Crippen molar-refractivity contribution in [2.45, 2.75) is 26.2 Å². The molecule has 3 nitrogen and oxygen atoms in total. The summed E-state index contributed by atoms with van der Waals surface area (Å²) in [6, 6.07) is 0. The molecule has 0 aromatic carbocycles. The number of hydrogen-bond donors (Lipinski definition) is 0. The van der Waals surface area contributed by atoms with Crippen molar-refractivity contribution in [3.05, 3.63) is 12.3 Å². The minimum absolute atomic E-state index is 0.796. The van der Waals surface area contributed by atoms with E-state index in [0.717, 1.165) is 45.8 Å². The highest BCUT2D eigenvalue weighted by atomic mass is 16.5. The van der Waals surface area contributed by atoms with Gasteiger partial charge in [-0.25, -0.2) is 0 Å². The Kier molecular flexibility index (Phi) is 6.45. The minimum Gasteiger partial charge on any atom is -0.501 e. The Balaban J connectivity index is 1.89. The Morgan fingerprint density at radius 2 is 2.43 bits per heavy atom. The summed E-state index contributed by atoms with van der Waals surface area (Å²) >= 11 is 0. The molecule has 0 aliphatic carbocycles. The number of rotatable bonds is 6. The third-order valence-corrected chi connectivity index (χ3v) is 2.20. The highest BCUT2D eigenvalue weighted by Gasteiger charge is 2.08. The molecule has 0 spiro atoms. The summed E-state index contributed by atoms with van der Waals surface area (Å²) in [6.45, 7) is 6.89. The van der Waals surface area contributed by atoms with Crippen LogP contribution in [0, 0.1) is 0 Å². The topological polar surface area (TPSA) is 21.7 Å². The van der Waals surface area contributed by atoms with Crippen LogP contribution in [0.2, 0.25) is 0 Å². The van der Waals surface area contributed by atoms with Gasteiger partial charge in [0.2, 0.25) is 0 Å². The number of nitrogens with zero attached hydrogens (tertiary/aromatic N) is 1. The second kappa shape index (κ2) is 7.83. The van der Waals surface area contributed by atoms with Gasteiger partial charge in [-0.1, -0.05) is 13.0 Å². The molecule has 1 heterocycles. The summed E-state index contributed by atoms with van der Waals surface area (Å²) in [5, 5.41) is 0. The molecular formula is C11H21NO2. The Hall–Kier alpha value is -0.540. The van der Waals surface area contributed by atoms with E-state index in [2.05, 4.69) is 11.8 Å². The highest BCUT2D eigenvalue weighted by Crippen LogP contribution is 2.01. The van der Waals surface area contributed by atoms with Gasteiger partial charge >= 0.3 is 0 Å². The maximum Gasteiger partial charge on any atom is 0.0990 e. The predicted octanol–water partition coefficient (Wildman–Crippen LogP) is 2.00. The largest absolute Gasteiger partial charge is 0.501 e. The molecule has 0 bridgehead atoms. The van der Waals surface area contributed by atoms with Crippen LogP contribution in [0.15, 0.2) is 12.3 Å². The lowest BCUT2D eigenvalue weighted by atomic mass is 10.3. The van der Waals surface area contributed by atoms with Crippen molar-refractivity contribution < 1.29 is 9.47 Å². The van der Waals surface area contributed by atoms with Crippen LogP contribution in [-0.2, 0) is 9.47 Å². The van der Waals surface area contributed by atoms with E-state index in [4.69, 9.17) is 9.47 Å².